The van der Waals surface area contributed by atoms with E-state index < -0.39 is 0 Å². The average Bonchev–Trinajstić information content (AvgIpc) is 2.69. The molecule has 2 rings (SSSR count). The van der Waals surface area contributed by atoms with Crippen molar-refractivity contribution in [1.29, 1.82) is 0 Å². The maximum absolute atomic E-state index is 5.56. The van der Waals surface area contributed by atoms with E-state index >= 15 is 0 Å². The monoisotopic (exact) mass is 165 g/mol. The molecule has 1 aromatic heterocycles. The van der Waals surface area contributed by atoms with Crippen LogP contribution in [0.3, 0.4) is 0 Å². The molecular weight excluding hydrogens is 150 g/mol. The molecule has 0 bridgehead atoms. The summed E-state index contributed by atoms with van der Waals surface area (Å²) in [7, 11) is 0. The van der Waals surface area contributed by atoms with Crippen molar-refractivity contribution in [3.8, 4) is 0 Å². The van der Waals surface area contributed by atoms with E-state index in [1.54, 1.807) is 0 Å². The second kappa shape index (κ2) is 2.59. The van der Waals surface area contributed by atoms with Gasteiger partial charge in [-0.05, 0) is 38.8 Å². The number of rotatable bonds is 3. The summed E-state index contributed by atoms with van der Waals surface area (Å²) in [6.45, 7) is 2.81. The first-order valence-electron chi connectivity index (χ1n) is 4.49. The molecule has 1 aliphatic carbocycles. The van der Waals surface area contributed by atoms with Gasteiger partial charge in [-0.1, -0.05) is 0 Å². The Hall–Kier alpha value is -0.830. The van der Waals surface area contributed by atoms with Crippen LogP contribution in [0, 0.1) is 6.92 Å². The molecule has 0 saturated heterocycles. The molecule has 1 aliphatic rings. The van der Waals surface area contributed by atoms with E-state index in [-0.39, 0.29) is 0 Å². The second-order valence-corrected chi connectivity index (χ2v) is 3.76. The van der Waals surface area contributed by atoms with Crippen molar-refractivity contribution in [2.24, 2.45) is 5.73 Å². The number of H-pyrrole nitrogens is 1. The van der Waals surface area contributed by atoms with Crippen molar-refractivity contribution in [3.63, 3.8) is 0 Å². The quantitative estimate of drug-likeness (QED) is 0.704. The molecule has 0 aliphatic heterocycles. The lowest BCUT2D eigenvalue weighted by atomic mass is 9.98. The Labute approximate surface area is 72.4 Å². The molecule has 0 atom stereocenters. The molecule has 0 unspecified atom stereocenters. The summed E-state index contributed by atoms with van der Waals surface area (Å²) in [4.78, 5) is 0. The van der Waals surface area contributed by atoms with Crippen LogP contribution < -0.4 is 5.73 Å². The number of aromatic nitrogens is 2. The summed E-state index contributed by atoms with van der Waals surface area (Å²) < 4.78 is 0. The smallest absolute Gasteiger partial charge is 0.0687 e. The van der Waals surface area contributed by atoms with Crippen LogP contribution in [0.2, 0.25) is 0 Å². The zero-order valence-corrected chi connectivity index (χ0v) is 7.43. The molecule has 3 heteroatoms. The number of nitrogens with one attached hydrogen (secondary N) is 1. The van der Waals surface area contributed by atoms with Gasteiger partial charge in [-0.15, -0.1) is 0 Å². The van der Waals surface area contributed by atoms with Crippen molar-refractivity contribution >= 4 is 0 Å². The van der Waals surface area contributed by atoms with Gasteiger partial charge in [0.1, 0.15) is 0 Å². The summed E-state index contributed by atoms with van der Waals surface area (Å²) >= 11 is 0. The van der Waals surface area contributed by atoms with Crippen molar-refractivity contribution in [1.82, 2.24) is 10.2 Å². The first-order valence-corrected chi connectivity index (χ1v) is 4.49. The summed E-state index contributed by atoms with van der Waals surface area (Å²) in [5.41, 5.74) is 8.27. The molecule has 66 valence electrons. The fourth-order valence-corrected chi connectivity index (χ4v) is 1.75. The van der Waals surface area contributed by atoms with Gasteiger partial charge in [0.25, 0.3) is 0 Å². The SMILES string of the molecule is Cc1cc(C2(CCN)CC2)n[nH]1. The van der Waals surface area contributed by atoms with Gasteiger partial charge < -0.3 is 5.73 Å². The maximum Gasteiger partial charge on any atom is 0.0687 e. The number of aryl methyl sites for hydroxylation is 1. The highest BCUT2D eigenvalue weighted by Gasteiger charge is 2.45. The molecule has 3 nitrogen and oxygen atoms in total. The minimum Gasteiger partial charge on any atom is -0.330 e. The van der Waals surface area contributed by atoms with Gasteiger partial charge in [-0.3, -0.25) is 5.10 Å². The van der Waals surface area contributed by atoms with Crippen molar-refractivity contribution in [2.45, 2.75) is 31.6 Å². The maximum atomic E-state index is 5.56. The first-order chi connectivity index (χ1) is 5.77. The minimum atomic E-state index is 0.347. The zero-order valence-electron chi connectivity index (χ0n) is 7.43. The normalized spacial score (nSPS) is 19.5. The van der Waals surface area contributed by atoms with Crippen LogP contribution in [0.15, 0.2) is 6.07 Å². The minimum absolute atomic E-state index is 0.347. The van der Waals surface area contributed by atoms with Crippen molar-refractivity contribution in [2.75, 3.05) is 6.54 Å². The summed E-state index contributed by atoms with van der Waals surface area (Å²) in [5.74, 6) is 0. The third kappa shape index (κ3) is 1.14. The number of nitrogens with zero attached hydrogens (tertiary/aromatic N) is 1. The standard InChI is InChI=1S/C9H15N3/c1-7-6-8(12-11-7)9(2-3-9)4-5-10/h6H,2-5,10H2,1H3,(H,11,12). The molecule has 0 spiro atoms. The molecule has 3 N–H and O–H groups in total. The summed E-state index contributed by atoms with van der Waals surface area (Å²) in [6.07, 6.45) is 3.60. The van der Waals surface area contributed by atoms with E-state index in [2.05, 4.69) is 16.3 Å². The molecular formula is C9H15N3. The highest BCUT2D eigenvalue weighted by Crippen LogP contribution is 2.49. The molecule has 0 radical (unpaired) electrons. The van der Waals surface area contributed by atoms with E-state index in [1.807, 2.05) is 6.92 Å². The molecule has 12 heavy (non-hydrogen) atoms. The van der Waals surface area contributed by atoms with Crippen LogP contribution in [0.4, 0.5) is 0 Å². The lowest BCUT2D eigenvalue weighted by molar-refractivity contribution is 0.608. The first kappa shape index (κ1) is 7.80. The lowest BCUT2D eigenvalue weighted by Gasteiger charge is -2.08. The van der Waals surface area contributed by atoms with E-state index in [9.17, 15) is 0 Å². The molecule has 1 saturated carbocycles. The predicted octanol–water partition coefficient (Wildman–Crippen LogP) is 1.10. The Kier molecular flexibility index (Phi) is 1.68. The Bertz CT molecular complexity index is 273. The zero-order chi connectivity index (χ0) is 8.60. The van der Waals surface area contributed by atoms with Gasteiger partial charge in [0.05, 0.1) is 5.69 Å². The van der Waals surface area contributed by atoms with Crippen LogP contribution in [0.1, 0.15) is 30.7 Å². The third-order valence-corrected chi connectivity index (χ3v) is 2.73. The topological polar surface area (TPSA) is 54.7 Å². The van der Waals surface area contributed by atoms with Crippen LogP contribution in [0.5, 0.6) is 0 Å². The number of nitrogens with two attached hydrogens (primary N) is 1. The average molecular weight is 165 g/mol. The van der Waals surface area contributed by atoms with Gasteiger partial charge in [0.15, 0.2) is 0 Å². The fourth-order valence-electron chi connectivity index (χ4n) is 1.75. The van der Waals surface area contributed by atoms with Crippen LogP contribution in [-0.2, 0) is 5.41 Å². The predicted molar refractivity (Wildman–Crippen MR) is 47.9 cm³/mol. The number of hydrogen-bond acceptors (Lipinski definition) is 2. The van der Waals surface area contributed by atoms with Gasteiger partial charge in [-0.25, -0.2) is 0 Å². The van der Waals surface area contributed by atoms with E-state index in [4.69, 9.17) is 5.73 Å². The van der Waals surface area contributed by atoms with Crippen molar-refractivity contribution in [3.05, 3.63) is 17.5 Å². The van der Waals surface area contributed by atoms with Gasteiger partial charge >= 0.3 is 0 Å². The molecule has 0 aromatic carbocycles. The Morgan fingerprint density at radius 2 is 2.42 bits per heavy atom. The third-order valence-electron chi connectivity index (χ3n) is 2.73. The Balaban J connectivity index is 2.18. The number of hydrogen-bond donors (Lipinski definition) is 2. The summed E-state index contributed by atoms with van der Waals surface area (Å²) in [5, 5.41) is 7.27. The van der Waals surface area contributed by atoms with Crippen LogP contribution in [-0.4, -0.2) is 16.7 Å². The highest BCUT2D eigenvalue weighted by molar-refractivity contribution is 5.25. The largest absolute Gasteiger partial charge is 0.330 e. The van der Waals surface area contributed by atoms with E-state index in [0.717, 1.165) is 18.7 Å². The van der Waals surface area contributed by atoms with Crippen LogP contribution in [0.25, 0.3) is 0 Å². The van der Waals surface area contributed by atoms with Gasteiger partial charge in [0.2, 0.25) is 0 Å². The summed E-state index contributed by atoms with van der Waals surface area (Å²) in [6, 6.07) is 2.14. The second-order valence-electron chi connectivity index (χ2n) is 3.76. The molecule has 1 aromatic rings. The number of aromatic amines is 1. The van der Waals surface area contributed by atoms with Gasteiger partial charge in [-0.2, -0.15) is 5.10 Å². The molecule has 0 amide bonds. The molecule has 1 heterocycles. The van der Waals surface area contributed by atoms with E-state index in [0.29, 0.717) is 5.41 Å². The fraction of sp³-hybridized carbons (Fsp3) is 0.667. The highest BCUT2D eigenvalue weighted by atomic mass is 15.1. The Morgan fingerprint density at radius 3 is 2.83 bits per heavy atom. The van der Waals surface area contributed by atoms with Crippen molar-refractivity contribution < 1.29 is 0 Å². The van der Waals surface area contributed by atoms with E-state index in [1.165, 1.54) is 18.5 Å². The van der Waals surface area contributed by atoms with Crippen LogP contribution >= 0.6 is 0 Å². The Morgan fingerprint density at radius 1 is 1.67 bits per heavy atom. The van der Waals surface area contributed by atoms with Gasteiger partial charge in [0, 0.05) is 11.1 Å². The lowest BCUT2D eigenvalue weighted by Crippen LogP contribution is -2.13. The molecule has 1 fully saturated rings.